The maximum atomic E-state index is 12.7. The van der Waals surface area contributed by atoms with Crippen LogP contribution in [0.1, 0.15) is 54.6 Å². The molecule has 1 aromatic heterocycles. The normalized spacial score (nSPS) is 26.4. The van der Waals surface area contributed by atoms with Gasteiger partial charge in [-0.3, -0.25) is 4.79 Å². The van der Waals surface area contributed by atoms with Crippen LogP contribution in [0.4, 0.5) is 5.82 Å². The van der Waals surface area contributed by atoms with Crippen molar-refractivity contribution in [2.75, 3.05) is 31.1 Å². The number of nitriles is 1. The molecule has 5 rings (SSSR count). The number of aromatic nitrogens is 2. The highest BCUT2D eigenvalue weighted by Crippen LogP contribution is 2.37. The summed E-state index contributed by atoms with van der Waals surface area (Å²) in [6.45, 7) is 4.16. The molecule has 3 fully saturated rings. The van der Waals surface area contributed by atoms with Gasteiger partial charge in [0.05, 0.1) is 16.7 Å². The van der Waals surface area contributed by atoms with Crippen molar-refractivity contribution in [3.05, 3.63) is 46.6 Å². The lowest BCUT2D eigenvalue weighted by atomic mass is 9.87. The number of halogens is 1. The summed E-state index contributed by atoms with van der Waals surface area (Å²) in [5.41, 5.74) is 1.16. The molecule has 3 heterocycles. The van der Waals surface area contributed by atoms with Gasteiger partial charge in [0.2, 0.25) is 0 Å². The Labute approximate surface area is 204 Å². The summed E-state index contributed by atoms with van der Waals surface area (Å²) in [6, 6.07) is 11.0. The second-order valence-corrected chi connectivity index (χ2v) is 10.1. The van der Waals surface area contributed by atoms with Gasteiger partial charge in [-0.2, -0.15) is 5.26 Å². The van der Waals surface area contributed by atoms with E-state index in [1.807, 2.05) is 12.1 Å². The van der Waals surface area contributed by atoms with Crippen molar-refractivity contribution in [3.8, 4) is 11.8 Å². The van der Waals surface area contributed by atoms with Crippen LogP contribution in [0.5, 0.6) is 5.75 Å². The van der Waals surface area contributed by atoms with Crippen LogP contribution >= 0.6 is 11.6 Å². The number of hydrogen-bond acceptors (Lipinski definition) is 7. The first-order valence-electron chi connectivity index (χ1n) is 12.0. The Morgan fingerprint density at radius 2 is 2.06 bits per heavy atom. The largest absolute Gasteiger partial charge is 0.490 e. The van der Waals surface area contributed by atoms with Crippen molar-refractivity contribution >= 4 is 23.3 Å². The molecule has 1 amide bonds. The van der Waals surface area contributed by atoms with Gasteiger partial charge in [0.1, 0.15) is 11.8 Å². The van der Waals surface area contributed by atoms with Gasteiger partial charge >= 0.3 is 0 Å². The van der Waals surface area contributed by atoms with Crippen LogP contribution in [0.3, 0.4) is 0 Å². The molecule has 2 aromatic rings. The molecule has 9 heteroatoms. The number of nitrogens with zero attached hydrogens (tertiary/aromatic N) is 4. The molecular formula is C25H29ClN6O2. The van der Waals surface area contributed by atoms with Crippen molar-refractivity contribution in [2.24, 2.45) is 5.41 Å². The molecule has 2 saturated heterocycles. The number of nitrogens with one attached hydrogen (secondary N) is 2. The van der Waals surface area contributed by atoms with Crippen molar-refractivity contribution in [1.29, 1.82) is 5.26 Å². The number of carbonyl (C=O) groups is 1. The fourth-order valence-corrected chi connectivity index (χ4v) is 5.54. The van der Waals surface area contributed by atoms with Crippen molar-refractivity contribution in [1.82, 2.24) is 20.8 Å². The average Bonchev–Trinajstić information content (AvgIpc) is 3.50. The summed E-state index contributed by atoms with van der Waals surface area (Å²) < 4.78 is 6.03. The minimum Gasteiger partial charge on any atom is -0.490 e. The number of benzene rings is 1. The molecule has 0 bridgehead atoms. The smallest absolute Gasteiger partial charge is 0.272 e. The molecule has 1 spiro atoms. The van der Waals surface area contributed by atoms with E-state index in [1.54, 1.807) is 24.3 Å². The van der Waals surface area contributed by atoms with E-state index in [-0.39, 0.29) is 18.1 Å². The average molecular weight is 481 g/mol. The molecular weight excluding hydrogens is 452 g/mol. The molecule has 1 aromatic carbocycles. The van der Waals surface area contributed by atoms with E-state index in [2.05, 4.69) is 25.7 Å². The lowest BCUT2D eigenvalue weighted by molar-refractivity contribution is 0.0888. The highest BCUT2D eigenvalue weighted by molar-refractivity contribution is 6.31. The third-order valence-corrected chi connectivity index (χ3v) is 7.66. The van der Waals surface area contributed by atoms with Gasteiger partial charge in [-0.05, 0) is 69.3 Å². The predicted octanol–water partition coefficient (Wildman–Crippen LogP) is 3.31. The summed E-state index contributed by atoms with van der Waals surface area (Å²) in [5.74, 6) is 1.33. The summed E-state index contributed by atoms with van der Waals surface area (Å²) in [4.78, 5) is 15.0. The van der Waals surface area contributed by atoms with Gasteiger partial charge in [0.25, 0.3) is 5.91 Å². The molecule has 178 valence electrons. The number of carbonyl (C=O) groups excluding carboxylic acids is 1. The molecule has 2 N–H and O–H groups in total. The predicted molar refractivity (Wildman–Crippen MR) is 129 cm³/mol. The van der Waals surface area contributed by atoms with E-state index in [1.165, 1.54) is 12.8 Å². The van der Waals surface area contributed by atoms with E-state index in [0.717, 1.165) is 57.7 Å². The molecule has 1 atom stereocenters. The van der Waals surface area contributed by atoms with Crippen LogP contribution in [-0.4, -0.2) is 54.4 Å². The van der Waals surface area contributed by atoms with Gasteiger partial charge in [-0.1, -0.05) is 11.6 Å². The van der Waals surface area contributed by atoms with Gasteiger partial charge in [-0.25, -0.2) is 0 Å². The Morgan fingerprint density at radius 1 is 1.21 bits per heavy atom. The van der Waals surface area contributed by atoms with Crippen LogP contribution in [0.15, 0.2) is 30.3 Å². The topological polar surface area (TPSA) is 103 Å². The zero-order valence-corrected chi connectivity index (χ0v) is 19.9. The Morgan fingerprint density at radius 3 is 2.74 bits per heavy atom. The molecule has 1 unspecified atom stereocenters. The lowest BCUT2D eigenvalue weighted by Crippen LogP contribution is -2.40. The van der Waals surface area contributed by atoms with Crippen LogP contribution in [0, 0.1) is 16.7 Å². The van der Waals surface area contributed by atoms with Crippen molar-refractivity contribution in [3.63, 3.8) is 0 Å². The first kappa shape index (κ1) is 22.9. The van der Waals surface area contributed by atoms with E-state index in [9.17, 15) is 4.79 Å². The highest BCUT2D eigenvalue weighted by Gasteiger charge is 2.40. The zero-order valence-electron chi connectivity index (χ0n) is 19.1. The minimum atomic E-state index is -0.180. The van der Waals surface area contributed by atoms with Crippen LogP contribution in [-0.2, 0) is 0 Å². The van der Waals surface area contributed by atoms with E-state index >= 15 is 0 Å². The summed E-state index contributed by atoms with van der Waals surface area (Å²) in [6.07, 6.45) is 5.78. The first-order chi connectivity index (χ1) is 16.5. The molecule has 1 saturated carbocycles. The maximum absolute atomic E-state index is 12.7. The molecule has 8 nitrogen and oxygen atoms in total. The van der Waals surface area contributed by atoms with E-state index in [4.69, 9.17) is 21.6 Å². The fourth-order valence-electron chi connectivity index (χ4n) is 5.33. The van der Waals surface area contributed by atoms with Crippen LogP contribution in [0.2, 0.25) is 5.02 Å². The number of ether oxygens (including phenoxy) is 1. The van der Waals surface area contributed by atoms with Crippen LogP contribution in [0.25, 0.3) is 0 Å². The summed E-state index contributed by atoms with van der Waals surface area (Å²) in [5, 5.41) is 24.5. The van der Waals surface area contributed by atoms with Gasteiger partial charge in [0.15, 0.2) is 11.5 Å². The van der Waals surface area contributed by atoms with Crippen molar-refractivity contribution in [2.45, 2.75) is 50.7 Å². The van der Waals surface area contributed by atoms with Crippen LogP contribution < -0.4 is 20.3 Å². The van der Waals surface area contributed by atoms with Gasteiger partial charge < -0.3 is 20.3 Å². The fraction of sp³-hybridized carbons (Fsp3) is 0.520. The summed E-state index contributed by atoms with van der Waals surface area (Å²) >= 11 is 6.09. The summed E-state index contributed by atoms with van der Waals surface area (Å²) in [7, 11) is 0. The van der Waals surface area contributed by atoms with Crippen molar-refractivity contribution < 1.29 is 9.53 Å². The van der Waals surface area contributed by atoms with E-state index < -0.39 is 0 Å². The monoisotopic (exact) mass is 480 g/mol. The molecule has 34 heavy (non-hydrogen) atoms. The second kappa shape index (κ2) is 9.77. The Balaban J connectivity index is 1.09. The number of hydrogen-bond donors (Lipinski definition) is 2. The Kier molecular flexibility index (Phi) is 6.57. The quantitative estimate of drug-likeness (QED) is 0.676. The Hall–Kier alpha value is -2.89. The zero-order chi connectivity index (χ0) is 23.5. The SMILES string of the molecule is N#Cc1ccc(O[C@H]2CC[C@H](NC(=O)c3ccc(N4CCC5(CCNC5)C4)nn3)CC2)cc1Cl. The molecule has 0 radical (unpaired) electrons. The number of rotatable bonds is 5. The van der Waals surface area contributed by atoms with Gasteiger partial charge in [0, 0.05) is 37.2 Å². The first-order valence-corrected chi connectivity index (χ1v) is 12.4. The third-order valence-electron chi connectivity index (χ3n) is 7.35. The minimum absolute atomic E-state index is 0.0649. The Bertz CT molecular complexity index is 1070. The second-order valence-electron chi connectivity index (χ2n) is 9.69. The standard InChI is InChI=1S/C25H29ClN6O2/c26-21-13-20(4-1-17(21)14-27)34-19-5-2-18(3-6-19)29-24(33)22-7-8-23(31-30-22)32-12-10-25(16-32)9-11-28-15-25/h1,4,7-8,13,18-19,28H,2-3,5-6,9-12,15-16H2,(H,29,33)/t18-,19-,25?. The van der Waals surface area contributed by atoms with E-state index in [0.29, 0.717) is 27.4 Å². The molecule has 2 aliphatic heterocycles. The van der Waals surface area contributed by atoms with Gasteiger partial charge in [-0.15, -0.1) is 10.2 Å². The molecule has 3 aliphatic rings. The maximum Gasteiger partial charge on any atom is 0.272 e. The highest BCUT2D eigenvalue weighted by atomic mass is 35.5. The number of amides is 1. The number of anilines is 1. The molecule has 1 aliphatic carbocycles. The third kappa shape index (κ3) is 4.96. The lowest BCUT2D eigenvalue weighted by Gasteiger charge is -2.29.